The summed E-state index contributed by atoms with van der Waals surface area (Å²) in [6.45, 7) is 5.43. The second-order valence-electron chi connectivity index (χ2n) is 12.1. The molecule has 0 spiro atoms. The third kappa shape index (κ3) is 6.05. The molecule has 4 heterocycles. The fourth-order valence-corrected chi connectivity index (χ4v) is 7.13. The van der Waals surface area contributed by atoms with Crippen molar-refractivity contribution in [3.8, 4) is 6.01 Å². The van der Waals surface area contributed by atoms with Crippen molar-refractivity contribution in [2.75, 3.05) is 50.1 Å². The Kier molecular flexibility index (Phi) is 8.64. The average Bonchev–Trinajstić information content (AvgIpc) is 3.62. The van der Waals surface area contributed by atoms with Crippen LogP contribution in [-0.4, -0.2) is 95.2 Å². The van der Waals surface area contributed by atoms with Crippen LogP contribution in [0.15, 0.2) is 48.6 Å². The topological polar surface area (TPSA) is 102 Å². The SMILES string of the molecule is C[C@@H]1C[C@@H](N(C)c2nc(OC[C@@H]3CCCN3C)nc3c2CCN(c2cccc4cccc(Cl)c24)C3)CN1C(=O)/C=C/C(=O)O. The summed E-state index contributed by atoms with van der Waals surface area (Å²) in [4.78, 5) is 42.2. The van der Waals surface area contributed by atoms with E-state index in [2.05, 4.69) is 46.0 Å². The Balaban J connectivity index is 1.31. The zero-order valence-corrected chi connectivity index (χ0v) is 26.2. The number of hydrogen-bond donors (Lipinski definition) is 1. The Hall–Kier alpha value is -3.89. The molecule has 10 nitrogen and oxygen atoms in total. The number of carboxylic acid groups (broad SMARTS) is 1. The molecule has 2 aromatic carbocycles. The quantitative estimate of drug-likeness (QED) is 0.368. The van der Waals surface area contributed by atoms with Gasteiger partial charge in [0.25, 0.3) is 0 Å². The number of halogens is 1. The van der Waals surface area contributed by atoms with E-state index in [4.69, 9.17) is 31.4 Å². The molecule has 0 bridgehead atoms. The summed E-state index contributed by atoms with van der Waals surface area (Å²) in [7, 11) is 4.15. The summed E-state index contributed by atoms with van der Waals surface area (Å²) in [6, 6.07) is 12.9. The number of likely N-dealkylation sites (tertiary alicyclic amines) is 2. The number of benzene rings is 2. The highest BCUT2D eigenvalue weighted by Gasteiger charge is 2.36. The number of nitrogens with zero attached hydrogens (tertiary/aromatic N) is 6. The van der Waals surface area contributed by atoms with Crippen molar-refractivity contribution >= 4 is 45.8 Å². The van der Waals surface area contributed by atoms with Crippen LogP contribution < -0.4 is 14.5 Å². The Morgan fingerprint density at radius 2 is 1.95 bits per heavy atom. The van der Waals surface area contributed by atoms with Crippen molar-refractivity contribution in [1.82, 2.24) is 19.8 Å². The van der Waals surface area contributed by atoms with E-state index in [-0.39, 0.29) is 18.0 Å². The number of aromatic nitrogens is 2. The number of carboxylic acids is 1. The number of carbonyl (C=O) groups is 2. The Labute approximate surface area is 262 Å². The number of ether oxygens (including phenoxy) is 1. The first kappa shape index (κ1) is 30.1. The first-order valence-corrected chi connectivity index (χ1v) is 15.7. The smallest absolute Gasteiger partial charge is 0.328 e. The predicted octanol–water partition coefficient (Wildman–Crippen LogP) is 4.39. The molecule has 11 heteroatoms. The molecule has 0 saturated carbocycles. The number of aliphatic carboxylic acids is 1. The summed E-state index contributed by atoms with van der Waals surface area (Å²) in [5.41, 5.74) is 3.09. The fourth-order valence-electron chi connectivity index (χ4n) is 6.85. The summed E-state index contributed by atoms with van der Waals surface area (Å²) < 4.78 is 6.29. The van der Waals surface area contributed by atoms with Gasteiger partial charge >= 0.3 is 12.0 Å². The third-order valence-electron chi connectivity index (χ3n) is 9.36. The second kappa shape index (κ2) is 12.6. The molecule has 3 atom stereocenters. The predicted molar refractivity (Wildman–Crippen MR) is 172 cm³/mol. The minimum Gasteiger partial charge on any atom is -0.478 e. The van der Waals surface area contributed by atoms with Crippen LogP contribution in [-0.2, 0) is 22.6 Å². The van der Waals surface area contributed by atoms with Crippen LogP contribution in [0, 0.1) is 0 Å². The monoisotopic (exact) mass is 618 g/mol. The fraction of sp³-hybridized carbons (Fsp3) is 0.455. The molecule has 6 rings (SSSR count). The van der Waals surface area contributed by atoms with Crippen LogP contribution in [0.5, 0.6) is 6.01 Å². The van der Waals surface area contributed by atoms with E-state index in [9.17, 15) is 9.59 Å². The van der Waals surface area contributed by atoms with Crippen molar-refractivity contribution < 1.29 is 19.4 Å². The van der Waals surface area contributed by atoms with Crippen LogP contribution >= 0.6 is 11.6 Å². The van der Waals surface area contributed by atoms with Gasteiger partial charge in [-0.05, 0) is 63.7 Å². The van der Waals surface area contributed by atoms with Crippen LogP contribution in [0.2, 0.25) is 5.02 Å². The van der Waals surface area contributed by atoms with Crippen LogP contribution in [0.25, 0.3) is 10.8 Å². The molecule has 1 amide bonds. The lowest BCUT2D eigenvalue weighted by molar-refractivity contribution is -0.132. The van der Waals surface area contributed by atoms with E-state index in [1.54, 1.807) is 4.90 Å². The van der Waals surface area contributed by atoms with Crippen LogP contribution in [0.3, 0.4) is 0 Å². The lowest BCUT2D eigenvalue weighted by Crippen LogP contribution is -2.39. The third-order valence-corrected chi connectivity index (χ3v) is 9.67. The minimum atomic E-state index is -1.14. The molecule has 3 aliphatic rings. The lowest BCUT2D eigenvalue weighted by atomic mass is 10.0. The van der Waals surface area contributed by atoms with Gasteiger partial charge in [-0.25, -0.2) is 4.79 Å². The van der Waals surface area contributed by atoms with Gasteiger partial charge in [0.05, 0.1) is 17.3 Å². The van der Waals surface area contributed by atoms with Gasteiger partial charge in [-0.1, -0.05) is 35.9 Å². The maximum absolute atomic E-state index is 12.8. The van der Waals surface area contributed by atoms with E-state index in [1.807, 2.05) is 26.1 Å². The van der Waals surface area contributed by atoms with Crippen molar-refractivity contribution in [2.24, 2.45) is 0 Å². The van der Waals surface area contributed by atoms with Crippen molar-refractivity contribution in [3.63, 3.8) is 0 Å². The van der Waals surface area contributed by atoms with Crippen LogP contribution in [0.4, 0.5) is 11.5 Å². The van der Waals surface area contributed by atoms with E-state index >= 15 is 0 Å². The van der Waals surface area contributed by atoms with Crippen molar-refractivity contribution in [1.29, 1.82) is 0 Å². The molecule has 3 aliphatic heterocycles. The molecule has 1 N–H and O–H groups in total. The zero-order valence-electron chi connectivity index (χ0n) is 25.4. The number of rotatable bonds is 8. The number of amides is 1. The van der Waals surface area contributed by atoms with E-state index in [0.717, 1.165) is 89.5 Å². The van der Waals surface area contributed by atoms with Gasteiger partial charge in [0.2, 0.25) is 5.91 Å². The van der Waals surface area contributed by atoms with E-state index < -0.39 is 5.97 Å². The number of anilines is 2. The standard InChI is InChI=1S/C33H39ClN6O4/c1-21-17-24(18-40(21)29(41)12-13-30(42)43)38(3)32-25-14-16-39(28-11-5-8-22-7-4-10-26(34)31(22)28)19-27(25)35-33(36-32)44-20-23-9-6-15-37(23)2/h4-5,7-8,10-13,21,23-24H,6,9,14-20H2,1-3H3,(H,42,43)/b13-12+/t21-,23+,24-/m1/s1. The van der Waals surface area contributed by atoms with Gasteiger partial charge in [0, 0.05) is 67.1 Å². The molecule has 2 fully saturated rings. The normalized spacial score (nSPS) is 22.1. The van der Waals surface area contributed by atoms with Gasteiger partial charge < -0.3 is 29.4 Å². The van der Waals surface area contributed by atoms with Crippen LogP contribution in [0.1, 0.15) is 37.4 Å². The van der Waals surface area contributed by atoms with Gasteiger partial charge in [-0.3, -0.25) is 4.79 Å². The lowest BCUT2D eigenvalue weighted by Gasteiger charge is -2.35. The maximum atomic E-state index is 12.8. The zero-order chi connectivity index (χ0) is 31.0. The molecule has 1 aromatic heterocycles. The second-order valence-corrected chi connectivity index (χ2v) is 12.5. The molecule has 0 radical (unpaired) electrons. The van der Waals surface area contributed by atoms with E-state index in [1.165, 1.54) is 0 Å². The van der Waals surface area contributed by atoms with Gasteiger partial charge in [0.1, 0.15) is 12.4 Å². The molecule has 2 saturated heterocycles. The number of fused-ring (bicyclic) bond motifs is 2. The van der Waals surface area contributed by atoms with Crippen molar-refractivity contribution in [2.45, 2.75) is 57.3 Å². The number of carbonyl (C=O) groups excluding carboxylic acids is 1. The van der Waals surface area contributed by atoms with Gasteiger partial charge in [-0.2, -0.15) is 9.97 Å². The summed E-state index contributed by atoms with van der Waals surface area (Å²) in [5, 5.41) is 11.8. The maximum Gasteiger partial charge on any atom is 0.328 e. The molecule has 232 valence electrons. The molecule has 44 heavy (non-hydrogen) atoms. The molecular formula is C33H39ClN6O4. The Morgan fingerprint density at radius 1 is 1.16 bits per heavy atom. The highest BCUT2D eigenvalue weighted by atomic mass is 35.5. The Bertz CT molecular complexity index is 1590. The summed E-state index contributed by atoms with van der Waals surface area (Å²) in [6.07, 6.45) is 5.76. The molecule has 0 unspecified atom stereocenters. The van der Waals surface area contributed by atoms with E-state index in [0.29, 0.717) is 31.7 Å². The van der Waals surface area contributed by atoms with Crippen molar-refractivity contribution in [3.05, 3.63) is 64.8 Å². The number of hydrogen-bond acceptors (Lipinski definition) is 8. The Morgan fingerprint density at radius 3 is 2.70 bits per heavy atom. The van der Waals surface area contributed by atoms with Gasteiger partial charge in [0.15, 0.2) is 0 Å². The largest absolute Gasteiger partial charge is 0.478 e. The molecular weight excluding hydrogens is 580 g/mol. The average molecular weight is 619 g/mol. The van der Waals surface area contributed by atoms with Gasteiger partial charge in [-0.15, -0.1) is 0 Å². The minimum absolute atomic E-state index is 0.00916. The highest BCUT2D eigenvalue weighted by molar-refractivity contribution is 6.36. The molecule has 3 aromatic rings. The first-order valence-electron chi connectivity index (χ1n) is 15.3. The summed E-state index contributed by atoms with van der Waals surface area (Å²) in [5.74, 6) is -0.606. The first-order chi connectivity index (χ1) is 21.2. The summed E-state index contributed by atoms with van der Waals surface area (Å²) >= 11 is 6.70. The molecule has 0 aliphatic carbocycles. The highest BCUT2D eigenvalue weighted by Crippen LogP contribution is 2.37. The number of likely N-dealkylation sites (N-methyl/N-ethyl adjacent to an activating group) is 2.